The van der Waals surface area contributed by atoms with E-state index in [1.807, 2.05) is 36.5 Å². The van der Waals surface area contributed by atoms with Gasteiger partial charge in [0.2, 0.25) is 5.95 Å². The molecule has 0 spiro atoms. The summed E-state index contributed by atoms with van der Waals surface area (Å²) < 4.78 is 0. The van der Waals surface area contributed by atoms with E-state index in [0.29, 0.717) is 29.1 Å². The molecule has 4 N–H and O–H groups in total. The van der Waals surface area contributed by atoms with Gasteiger partial charge in [-0.2, -0.15) is 0 Å². The molecule has 10 heteroatoms. The summed E-state index contributed by atoms with van der Waals surface area (Å²) in [6.45, 7) is 3.35. The van der Waals surface area contributed by atoms with Crippen LogP contribution in [0.1, 0.15) is 39.4 Å². The van der Waals surface area contributed by atoms with Crippen molar-refractivity contribution in [2.75, 3.05) is 25.0 Å². The number of pyridine rings is 1. The molecule has 1 unspecified atom stereocenters. The number of amides is 2. The van der Waals surface area contributed by atoms with Crippen LogP contribution in [-0.4, -0.2) is 61.3 Å². The van der Waals surface area contributed by atoms with Gasteiger partial charge in [-0.1, -0.05) is 30.3 Å². The van der Waals surface area contributed by atoms with Crippen molar-refractivity contribution in [3.63, 3.8) is 0 Å². The van der Waals surface area contributed by atoms with E-state index in [2.05, 4.69) is 40.5 Å². The average Bonchev–Trinajstić information content (AvgIpc) is 3.61. The Morgan fingerprint density at radius 1 is 1.05 bits per heavy atom. The predicted molar refractivity (Wildman–Crippen MR) is 145 cm³/mol. The van der Waals surface area contributed by atoms with Gasteiger partial charge in [0.15, 0.2) is 0 Å². The van der Waals surface area contributed by atoms with Crippen molar-refractivity contribution in [1.82, 2.24) is 35.1 Å². The summed E-state index contributed by atoms with van der Waals surface area (Å²) in [5.74, 6) is 0.0777. The molecule has 1 aliphatic rings. The normalized spacial score (nSPS) is 16.1. The first-order chi connectivity index (χ1) is 18.6. The number of aromatic amines is 2. The second kappa shape index (κ2) is 10.4. The molecule has 1 fully saturated rings. The first-order valence-electron chi connectivity index (χ1n) is 12.8. The van der Waals surface area contributed by atoms with Crippen LogP contribution in [0.2, 0.25) is 0 Å². The summed E-state index contributed by atoms with van der Waals surface area (Å²) in [6, 6.07) is 14.9. The van der Waals surface area contributed by atoms with E-state index in [9.17, 15) is 9.59 Å². The van der Waals surface area contributed by atoms with E-state index in [0.717, 1.165) is 48.9 Å². The van der Waals surface area contributed by atoms with Gasteiger partial charge in [0, 0.05) is 37.4 Å². The molecule has 1 aliphatic heterocycles. The number of rotatable bonds is 7. The molecular weight excluding hydrogens is 480 g/mol. The third-order valence-corrected chi connectivity index (χ3v) is 6.95. The number of piperidine rings is 1. The second-order valence-electron chi connectivity index (χ2n) is 9.67. The zero-order valence-corrected chi connectivity index (χ0v) is 20.8. The number of imidazole rings is 2. The lowest BCUT2D eigenvalue weighted by atomic mass is 9.97. The number of H-pyrrole nitrogens is 2. The molecule has 38 heavy (non-hydrogen) atoms. The van der Waals surface area contributed by atoms with Crippen LogP contribution >= 0.6 is 0 Å². The highest BCUT2D eigenvalue weighted by atomic mass is 16.2. The van der Waals surface area contributed by atoms with Crippen LogP contribution in [0.4, 0.5) is 5.95 Å². The number of hydrogen-bond donors (Lipinski definition) is 4. The number of para-hydroxylation sites is 1. The van der Waals surface area contributed by atoms with Crippen molar-refractivity contribution in [1.29, 1.82) is 0 Å². The topological polar surface area (TPSA) is 132 Å². The molecule has 1 atom stereocenters. The van der Waals surface area contributed by atoms with E-state index in [1.165, 1.54) is 0 Å². The summed E-state index contributed by atoms with van der Waals surface area (Å²) >= 11 is 0. The smallest absolute Gasteiger partial charge is 0.276 e. The third-order valence-electron chi connectivity index (χ3n) is 6.95. The molecule has 0 bridgehead atoms. The summed E-state index contributed by atoms with van der Waals surface area (Å²) in [5.41, 5.74) is 2.96. The van der Waals surface area contributed by atoms with Crippen molar-refractivity contribution >= 4 is 39.6 Å². The van der Waals surface area contributed by atoms with Crippen LogP contribution in [0.25, 0.3) is 21.8 Å². The molecule has 4 heterocycles. The zero-order valence-electron chi connectivity index (χ0n) is 20.8. The predicted octanol–water partition coefficient (Wildman–Crippen LogP) is 3.73. The molecule has 0 radical (unpaired) electrons. The minimum absolute atomic E-state index is 0.180. The van der Waals surface area contributed by atoms with Crippen molar-refractivity contribution in [2.24, 2.45) is 5.92 Å². The number of fused-ring (bicyclic) bond motifs is 2. The first-order valence-corrected chi connectivity index (χ1v) is 12.8. The number of carbonyl (C=O) groups excluding carboxylic acids is 2. The van der Waals surface area contributed by atoms with Gasteiger partial charge in [0.1, 0.15) is 11.2 Å². The quantitative estimate of drug-likeness (QED) is 0.265. The minimum Gasteiger partial charge on any atom is -0.352 e. The van der Waals surface area contributed by atoms with Gasteiger partial charge in [-0.05, 0) is 48.9 Å². The van der Waals surface area contributed by atoms with Crippen LogP contribution in [0.15, 0.2) is 67.3 Å². The lowest BCUT2D eigenvalue weighted by Gasteiger charge is -2.32. The van der Waals surface area contributed by atoms with Crippen LogP contribution in [0.5, 0.6) is 0 Å². The van der Waals surface area contributed by atoms with Gasteiger partial charge >= 0.3 is 0 Å². The van der Waals surface area contributed by atoms with Gasteiger partial charge in [-0.3, -0.25) is 24.8 Å². The lowest BCUT2D eigenvalue weighted by molar-refractivity contribution is 0.0931. The molecule has 1 saturated heterocycles. The highest BCUT2D eigenvalue weighted by Crippen LogP contribution is 2.21. The minimum atomic E-state index is -0.377. The highest BCUT2D eigenvalue weighted by molar-refractivity contribution is 6.07. The molecule has 0 aliphatic carbocycles. The van der Waals surface area contributed by atoms with E-state index in [4.69, 9.17) is 0 Å². The molecule has 3 aromatic heterocycles. The fourth-order valence-electron chi connectivity index (χ4n) is 5.05. The van der Waals surface area contributed by atoms with Gasteiger partial charge in [0.25, 0.3) is 11.8 Å². The maximum atomic E-state index is 13.1. The number of benzene rings is 2. The molecule has 192 valence electrons. The van der Waals surface area contributed by atoms with Crippen molar-refractivity contribution in [3.8, 4) is 0 Å². The number of anilines is 1. The van der Waals surface area contributed by atoms with Crippen molar-refractivity contribution in [2.45, 2.75) is 19.4 Å². The number of hydrogen-bond acceptors (Lipinski definition) is 6. The molecule has 5 aromatic rings. The molecule has 6 rings (SSSR count). The standard InChI is InChI=1S/C28H28N8O2/c37-26(31-12-18-5-4-10-36(15-18)16-21-14-29-17-32-21)22-8-3-9-23-25(22)34-28(33-23)35-27(38)24-11-19-6-1-2-7-20(19)13-30-24/h1-3,6-9,11,13-14,17-18H,4-5,10,12,15-16H2,(H,29,32)(H,31,37)(H2,33,34,35,38). The molecule has 0 saturated carbocycles. The number of aromatic nitrogens is 5. The Kier molecular flexibility index (Phi) is 6.53. The fourth-order valence-corrected chi connectivity index (χ4v) is 5.05. The van der Waals surface area contributed by atoms with E-state index >= 15 is 0 Å². The summed E-state index contributed by atoms with van der Waals surface area (Å²) in [4.78, 5) is 47.5. The Hall–Kier alpha value is -4.57. The second-order valence-corrected chi connectivity index (χ2v) is 9.67. The fraction of sp³-hybridized carbons (Fsp3) is 0.250. The van der Waals surface area contributed by atoms with Gasteiger partial charge < -0.3 is 15.3 Å². The largest absolute Gasteiger partial charge is 0.352 e. The maximum Gasteiger partial charge on any atom is 0.276 e. The Labute approximate surface area is 218 Å². The van der Waals surface area contributed by atoms with Crippen LogP contribution < -0.4 is 10.6 Å². The third kappa shape index (κ3) is 5.12. The Morgan fingerprint density at radius 2 is 1.95 bits per heavy atom. The van der Waals surface area contributed by atoms with E-state index in [-0.39, 0.29) is 23.5 Å². The summed E-state index contributed by atoms with van der Waals surface area (Å²) in [5, 5.41) is 7.76. The number of likely N-dealkylation sites (tertiary alicyclic amines) is 1. The van der Waals surface area contributed by atoms with Gasteiger partial charge in [-0.25, -0.2) is 9.97 Å². The van der Waals surface area contributed by atoms with E-state index < -0.39 is 0 Å². The summed E-state index contributed by atoms with van der Waals surface area (Å²) in [6.07, 6.45) is 7.46. The molecule has 10 nitrogen and oxygen atoms in total. The average molecular weight is 509 g/mol. The monoisotopic (exact) mass is 508 g/mol. The number of nitrogens with zero attached hydrogens (tertiary/aromatic N) is 4. The number of nitrogens with one attached hydrogen (secondary N) is 4. The lowest BCUT2D eigenvalue weighted by Crippen LogP contribution is -2.40. The molecular formula is C28H28N8O2. The molecule has 2 amide bonds. The van der Waals surface area contributed by atoms with Crippen LogP contribution in [-0.2, 0) is 6.54 Å². The SMILES string of the molecule is O=C(Nc1nc2c(C(=O)NCC3CCCN(Cc4c[nH]cn4)C3)cccc2[nH]1)c1cc2ccccc2cn1. The molecule has 2 aromatic carbocycles. The van der Waals surface area contributed by atoms with Crippen molar-refractivity contribution in [3.05, 3.63) is 84.2 Å². The van der Waals surface area contributed by atoms with Gasteiger partial charge in [-0.15, -0.1) is 0 Å². The van der Waals surface area contributed by atoms with Crippen LogP contribution in [0.3, 0.4) is 0 Å². The van der Waals surface area contributed by atoms with Crippen LogP contribution in [0, 0.1) is 5.92 Å². The van der Waals surface area contributed by atoms with E-state index in [1.54, 1.807) is 30.7 Å². The Balaban J connectivity index is 1.11. The summed E-state index contributed by atoms with van der Waals surface area (Å²) in [7, 11) is 0. The highest BCUT2D eigenvalue weighted by Gasteiger charge is 2.22. The Bertz CT molecular complexity index is 1590. The first kappa shape index (κ1) is 23.8. The number of carbonyl (C=O) groups is 2. The Morgan fingerprint density at radius 3 is 2.82 bits per heavy atom. The van der Waals surface area contributed by atoms with Gasteiger partial charge in [0.05, 0.1) is 23.1 Å². The maximum absolute atomic E-state index is 13.1. The van der Waals surface area contributed by atoms with Crippen molar-refractivity contribution < 1.29 is 9.59 Å². The zero-order chi connectivity index (χ0) is 25.9.